The molecule has 0 fully saturated rings. The van der Waals surface area contributed by atoms with Gasteiger partial charge in [-0.15, -0.1) is 0 Å². The van der Waals surface area contributed by atoms with Crippen molar-refractivity contribution in [1.82, 2.24) is 4.98 Å². The number of aldehydes is 1. The summed E-state index contributed by atoms with van der Waals surface area (Å²) in [6.45, 7) is 1.42. The summed E-state index contributed by atoms with van der Waals surface area (Å²) in [4.78, 5) is 14.0. The summed E-state index contributed by atoms with van der Waals surface area (Å²) in [5, 5.41) is 0. The average molecular weight is 186 g/mol. The molecule has 0 bridgehead atoms. The number of aryl methyl sites for hydroxylation is 1. The third-order valence-corrected chi connectivity index (χ3v) is 1.67. The van der Waals surface area contributed by atoms with E-state index in [1.54, 1.807) is 0 Å². The average Bonchev–Trinajstić information content (AvgIpc) is 2.03. The van der Waals surface area contributed by atoms with Crippen LogP contribution in [0.2, 0.25) is 0 Å². The maximum absolute atomic E-state index is 12.3. The second-order valence-corrected chi connectivity index (χ2v) is 2.56. The number of carbonyl (C=O) groups is 1. The number of rotatable bonds is 2. The van der Waals surface area contributed by atoms with Gasteiger partial charge in [0.2, 0.25) is 0 Å². The van der Waals surface area contributed by atoms with Crippen molar-refractivity contribution in [3.05, 3.63) is 22.9 Å². The topological polar surface area (TPSA) is 56.0 Å². The largest absolute Gasteiger partial charge is 0.383 e. The fraction of sp³-hybridized carbons (Fsp3) is 0.250. The van der Waals surface area contributed by atoms with E-state index in [-0.39, 0.29) is 22.6 Å². The highest BCUT2D eigenvalue weighted by Crippen LogP contribution is 2.23. The Morgan fingerprint density at radius 3 is 2.69 bits per heavy atom. The Hall–Kier alpha value is -1.52. The molecule has 1 rings (SSSR count). The van der Waals surface area contributed by atoms with E-state index >= 15 is 0 Å². The van der Waals surface area contributed by atoms with Crippen LogP contribution in [-0.4, -0.2) is 11.3 Å². The summed E-state index contributed by atoms with van der Waals surface area (Å²) in [5.74, 6) is -0.0168. The van der Waals surface area contributed by atoms with Gasteiger partial charge in [0, 0.05) is 11.3 Å². The molecule has 3 nitrogen and oxygen atoms in total. The predicted octanol–water partition coefficient (Wildman–Crippen LogP) is 1.72. The normalized spacial score (nSPS) is 10.5. The number of nitrogens with zero attached hydrogens (tertiary/aromatic N) is 1. The molecule has 0 saturated heterocycles. The van der Waals surface area contributed by atoms with Gasteiger partial charge in [0.05, 0.1) is 5.56 Å². The molecule has 0 aliphatic heterocycles. The summed E-state index contributed by atoms with van der Waals surface area (Å²) in [6.07, 6.45) is -2.22. The van der Waals surface area contributed by atoms with E-state index in [1.807, 2.05) is 0 Å². The number of halogens is 2. The van der Waals surface area contributed by atoms with Crippen LogP contribution in [-0.2, 0) is 0 Å². The summed E-state index contributed by atoms with van der Waals surface area (Å²) in [6, 6.07) is 1.06. The zero-order valence-electron chi connectivity index (χ0n) is 6.92. The zero-order chi connectivity index (χ0) is 10.0. The number of hydrogen-bond acceptors (Lipinski definition) is 3. The van der Waals surface area contributed by atoms with E-state index in [1.165, 1.54) is 6.92 Å². The summed E-state index contributed by atoms with van der Waals surface area (Å²) < 4.78 is 24.6. The van der Waals surface area contributed by atoms with Gasteiger partial charge in [0.1, 0.15) is 5.82 Å². The standard InChI is InChI=1S/C8H8F2N2O/c1-4-6(7(9)10)2-5(3-13)8(11)12-4/h2-3,7H,1H3,(H2,11,12). The minimum absolute atomic E-state index is 0.000833. The number of hydrogen-bond donors (Lipinski definition) is 1. The number of aromatic nitrogens is 1. The summed E-state index contributed by atoms with van der Waals surface area (Å²) in [7, 11) is 0. The first-order valence-electron chi connectivity index (χ1n) is 3.56. The van der Waals surface area contributed by atoms with Crippen molar-refractivity contribution in [2.75, 3.05) is 5.73 Å². The van der Waals surface area contributed by atoms with Crippen molar-refractivity contribution in [2.24, 2.45) is 0 Å². The lowest BCUT2D eigenvalue weighted by molar-refractivity contribution is 0.112. The van der Waals surface area contributed by atoms with Crippen LogP contribution in [0, 0.1) is 6.92 Å². The molecular formula is C8H8F2N2O. The minimum atomic E-state index is -2.63. The molecule has 0 spiro atoms. The van der Waals surface area contributed by atoms with Gasteiger partial charge in [0.25, 0.3) is 6.43 Å². The molecule has 0 aliphatic rings. The van der Waals surface area contributed by atoms with Crippen LogP contribution in [0.25, 0.3) is 0 Å². The third-order valence-electron chi connectivity index (χ3n) is 1.67. The van der Waals surface area contributed by atoms with E-state index in [0.29, 0.717) is 6.29 Å². The number of anilines is 1. The van der Waals surface area contributed by atoms with Gasteiger partial charge in [-0.2, -0.15) is 0 Å². The monoisotopic (exact) mass is 186 g/mol. The van der Waals surface area contributed by atoms with Crippen LogP contribution >= 0.6 is 0 Å². The highest BCUT2D eigenvalue weighted by molar-refractivity contribution is 5.82. The van der Waals surface area contributed by atoms with Gasteiger partial charge in [-0.05, 0) is 13.0 Å². The smallest absolute Gasteiger partial charge is 0.265 e. The van der Waals surface area contributed by atoms with Crippen molar-refractivity contribution < 1.29 is 13.6 Å². The Morgan fingerprint density at radius 2 is 2.23 bits per heavy atom. The van der Waals surface area contributed by atoms with Crippen molar-refractivity contribution in [2.45, 2.75) is 13.3 Å². The SMILES string of the molecule is Cc1nc(N)c(C=O)cc1C(F)F. The lowest BCUT2D eigenvalue weighted by Gasteiger charge is -2.06. The van der Waals surface area contributed by atoms with E-state index in [0.717, 1.165) is 6.07 Å². The fourth-order valence-corrected chi connectivity index (χ4v) is 0.971. The van der Waals surface area contributed by atoms with Gasteiger partial charge < -0.3 is 5.73 Å². The molecule has 70 valence electrons. The maximum Gasteiger partial charge on any atom is 0.265 e. The number of nitrogens with two attached hydrogens (primary N) is 1. The van der Waals surface area contributed by atoms with Crippen molar-refractivity contribution >= 4 is 12.1 Å². The van der Waals surface area contributed by atoms with E-state index in [4.69, 9.17) is 5.73 Å². The van der Waals surface area contributed by atoms with Crippen LogP contribution in [0.5, 0.6) is 0 Å². The number of alkyl halides is 2. The Bertz CT molecular complexity index is 339. The van der Waals surface area contributed by atoms with Gasteiger partial charge in [-0.1, -0.05) is 0 Å². The van der Waals surface area contributed by atoms with Gasteiger partial charge in [-0.3, -0.25) is 4.79 Å². The first kappa shape index (κ1) is 9.57. The number of nitrogen functional groups attached to an aromatic ring is 1. The molecule has 0 atom stereocenters. The minimum Gasteiger partial charge on any atom is -0.383 e. The molecule has 1 heterocycles. The Labute approximate surface area is 73.6 Å². The quantitative estimate of drug-likeness (QED) is 0.715. The van der Waals surface area contributed by atoms with Gasteiger partial charge >= 0.3 is 0 Å². The molecule has 0 radical (unpaired) electrons. The van der Waals surface area contributed by atoms with Crippen molar-refractivity contribution in [3.63, 3.8) is 0 Å². The fourth-order valence-electron chi connectivity index (χ4n) is 0.971. The first-order valence-corrected chi connectivity index (χ1v) is 3.56. The van der Waals surface area contributed by atoms with E-state index < -0.39 is 6.43 Å². The van der Waals surface area contributed by atoms with Crippen LogP contribution in [0.4, 0.5) is 14.6 Å². The lowest BCUT2D eigenvalue weighted by atomic mass is 10.1. The van der Waals surface area contributed by atoms with E-state index in [2.05, 4.69) is 4.98 Å². The lowest BCUT2D eigenvalue weighted by Crippen LogP contribution is -2.02. The summed E-state index contributed by atoms with van der Waals surface area (Å²) in [5.41, 5.74) is 5.21. The molecule has 1 aromatic rings. The molecule has 0 unspecified atom stereocenters. The second-order valence-electron chi connectivity index (χ2n) is 2.56. The molecule has 1 aromatic heterocycles. The molecule has 5 heteroatoms. The van der Waals surface area contributed by atoms with Crippen LogP contribution in [0.15, 0.2) is 6.07 Å². The molecule has 2 N–H and O–H groups in total. The highest BCUT2D eigenvalue weighted by atomic mass is 19.3. The maximum atomic E-state index is 12.3. The number of pyridine rings is 1. The van der Waals surface area contributed by atoms with Gasteiger partial charge in [0.15, 0.2) is 6.29 Å². The molecule has 0 saturated carbocycles. The first-order chi connectivity index (χ1) is 6.06. The molecule has 0 amide bonds. The van der Waals surface area contributed by atoms with Gasteiger partial charge in [-0.25, -0.2) is 13.8 Å². The van der Waals surface area contributed by atoms with Crippen molar-refractivity contribution in [3.8, 4) is 0 Å². The Kier molecular flexibility index (Phi) is 2.55. The Balaban J connectivity index is 3.30. The van der Waals surface area contributed by atoms with Crippen LogP contribution in [0.1, 0.15) is 28.0 Å². The van der Waals surface area contributed by atoms with E-state index in [9.17, 15) is 13.6 Å². The third kappa shape index (κ3) is 1.80. The predicted molar refractivity (Wildman–Crippen MR) is 43.7 cm³/mol. The highest BCUT2D eigenvalue weighted by Gasteiger charge is 2.14. The summed E-state index contributed by atoms with van der Waals surface area (Å²) >= 11 is 0. The molecule has 13 heavy (non-hydrogen) atoms. The molecule has 0 aliphatic carbocycles. The number of carbonyl (C=O) groups excluding carboxylic acids is 1. The zero-order valence-corrected chi connectivity index (χ0v) is 6.92. The van der Waals surface area contributed by atoms with Crippen LogP contribution < -0.4 is 5.73 Å². The molecular weight excluding hydrogens is 178 g/mol. The Morgan fingerprint density at radius 1 is 1.62 bits per heavy atom. The second kappa shape index (κ2) is 3.47. The molecule has 0 aromatic carbocycles. The van der Waals surface area contributed by atoms with Crippen LogP contribution in [0.3, 0.4) is 0 Å². The van der Waals surface area contributed by atoms with Crippen molar-refractivity contribution in [1.29, 1.82) is 0 Å².